The van der Waals surface area contributed by atoms with Gasteiger partial charge in [-0.05, 0) is 30.9 Å². The van der Waals surface area contributed by atoms with Crippen LogP contribution in [-0.4, -0.2) is 18.9 Å². The van der Waals surface area contributed by atoms with Crippen LogP contribution < -0.4 is 5.32 Å². The quantitative estimate of drug-likeness (QED) is 0.806. The maximum Gasteiger partial charge on any atom is 0.167 e. The first-order chi connectivity index (χ1) is 8.74. The fourth-order valence-electron chi connectivity index (χ4n) is 2.79. The molecule has 1 aliphatic rings. The monoisotopic (exact) mass is 245 g/mol. The number of hydrogen-bond acceptors (Lipinski definition) is 2. The summed E-state index contributed by atoms with van der Waals surface area (Å²) in [5.74, 6) is 0.983. The highest BCUT2D eigenvalue weighted by Gasteiger charge is 2.30. The molecule has 0 saturated heterocycles. The Bertz CT molecular complexity index is 413. The zero-order valence-electron chi connectivity index (χ0n) is 11.4. The number of nitrogens with one attached hydrogen (secondary N) is 1. The van der Waals surface area contributed by atoms with Crippen LogP contribution in [0.3, 0.4) is 0 Å². The number of carbonyl (C=O) groups excluding carboxylic acids is 1. The number of Topliss-reactive ketones (excluding diaryl/α,β-unsaturated/α-hetero) is 1. The first kappa shape index (κ1) is 13.3. The van der Waals surface area contributed by atoms with E-state index in [0.717, 1.165) is 25.1 Å². The average Bonchev–Trinajstić information content (AvgIpc) is 2.40. The van der Waals surface area contributed by atoms with Crippen LogP contribution in [-0.2, 0) is 0 Å². The van der Waals surface area contributed by atoms with Crippen LogP contribution in [0, 0.1) is 5.92 Å². The van der Waals surface area contributed by atoms with Crippen molar-refractivity contribution in [3.63, 3.8) is 0 Å². The summed E-state index contributed by atoms with van der Waals surface area (Å²) in [5, 5.41) is 3.42. The zero-order valence-corrected chi connectivity index (χ0v) is 11.4. The van der Waals surface area contributed by atoms with Gasteiger partial charge in [0.15, 0.2) is 5.78 Å². The molecular weight excluding hydrogens is 222 g/mol. The van der Waals surface area contributed by atoms with Crippen molar-refractivity contribution < 1.29 is 4.79 Å². The lowest BCUT2D eigenvalue weighted by Crippen LogP contribution is -2.33. The van der Waals surface area contributed by atoms with Gasteiger partial charge in [0.05, 0.1) is 0 Å². The van der Waals surface area contributed by atoms with Crippen molar-refractivity contribution in [3.8, 4) is 0 Å². The van der Waals surface area contributed by atoms with Gasteiger partial charge >= 0.3 is 0 Å². The first-order valence-electron chi connectivity index (χ1n) is 7.08. The molecule has 1 aromatic rings. The normalized spacial score (nSPS) is 22.9. The molecule has 0 saturated carbocycles. The second-order valence-electron chi connectivity index (χ2n) is 5.34. The van der Waals surface area contributed by atoms with Gasteiger partial charge in [0, 0.05) is 18.0 Å². The number of unbranched alkanes of at least 4 members (excludes halogenated alkanes) is 1. The summed E-state index contributed by atoms with van der Waals surface area (Å²) in [4.78, 5) is 12.4. The largest absolute Gasteiger partial charge is 0.316 e. The van der Waals surface area contributed by atoms with Crippen LogP contribution in [0.25, 0.3) is 0 Å². The third kappa shape index (κ3) is 2.81. The molecule has 0 spiro atoms. The van der Waals surface area contributed by atoms with E-state index >= 15 is 0 Å². The Labute approximate surface area is 110 Å². The van der Waals surface area contributed by atoms with E-state index in [2.05, 4.69) is 25.2 Å². The van der Waals surface area contributed by atoms with E-state index < -0.39 is 0 Å². The summed E-state index contributed by atoms with van der Waals surface area (Å²) >= 11 is 0. The molecule has 0 fully saturated rings. The number of carbonyl (C=O) groups is 1. The molecule has 2 nitrogen and oxygen atoms in total. The molecule has 0 bridgehead atoms. The van der Waals surface area contributed by atoms with Crippen LogP contribution in [0.4, 0.5) is 0 Å². The molecule has 2 unspecified atom stereocenters. The average molecular weight is 245 g/mol. The van der Waals surface area contributed by atoms with Crippen LogP contribution in [0.5, 0.6) is 0 Å². The van der Waals surface area contributed by atoms with Gasteiger partial charge in [-0.25, -0.2) is 0 Å². The molecule has 1 N–H and O–H groups in total. The van der Waals surface area contributed by atoms with E-state index in [0.29, 0.717) is 11.7 Å². The Hall–Kier alpha value is -1.15. The Morgan fingerprint density at radius 3 is 2.89 bits per heavy atom. The molecule has 2 atom stereocenters. The van der Waals surface area contributed by atoms with Crippen molar-refractivity contribution in [1.29, 1.82) is 0 Å². The Kier molecular flexibility index (Phi) is 4.54. The summed E-state index contributed by atoms with van der Waals surface area (Å²) in [7, 11) is 0. The van der Waals surface area contributed by atoms with E-state index in [4.69, 9.17) is 0 Å². The number of fused-ring (bicyclic) bond motifs is 1. The minimum atomic E-state index is 0.159. The van der Waals surface area contributed by atoms with Gasteiger partial charge in [-0.1, -0.05) is 44.5 Å². The van der Waals surface area contributed by atoms with Crippen molar-refractivity contribution >= 4 is 5.78 Å². The Balaban J connectivity index is 2.02. The summed E-state index contributed by atoms with van der Waals surface area (Å²) in [6, 6.07) is 8.07. The van der Waals surface area contributed by atoms with E-state index in [9.17, 15) is 4.79 Å². The van der Waals surface area contributed by atoms with Gasteiger partial charge in [0.25, 0.3) is 0 Å². The van der Waals surface area contributed by atoms with Gasteiger partial charge in [0.2, 0.25) is 0 Å². The highest BCUT2D eigenvalue weighted by Crippen LogP contribution is 2.33. The zero-order chi connectivity index (χ0) is 13.0. The van der Waals surface area contributed by atoms with E-state index in [-0.39, 0.29) is 5.92 Å². The van der Waals surface area contributed by atoms with Gasteiger partial charge in [-0.3, -0.25) is 4.79 Å². The molecule has 2 heteroatoms. The molecule has 1 aliphatic carbocycles. The number of ketones is 1. The van der Waals surface area contributed by atoms with Crippen molar-refractivity contribution in [2.24, 2.45) is 5.92 Å². The van der Waals surface area contributed by atoms with Gasteiger partial charge in [-0.15, -0.1) is 0 Å². The van der Waals surface area contributed by atoms with E-state index in [1.54, 1.807) is 0 Å². The van der Waals surface area contributed by atoms with Crippen LogP contribution in [0.2, 0.25) is 0 Å². The minimum absolute atomic E-state index is 0.159. The number of benzene rings is 1. The summed E-state index contributed by atoms with van der Waals surface area (Å²) in [6.07, 6.45) is 3.37. The van der Waals surface area contributed by atoms with Crippen molar-refractivity contribution in [2.75, 3.05) is 13.1 Å². The van der Waals surface area contributed by atoms with Gasteiger partial charge in [0.1, 0.15) is 0 Å². The second-order valence-corrected chi connectivity index (χ2v) is 5.34. The van der Waals surface area contributed by atoms with E-state index in [1.165, 1.54) is 18.4 Å². The first-order valence-corrected chi connectivity index (χ1v) is 7.08. The topological polar surface area (TPSA) is 29.1 Å². The number of rotatable bonds is 5. The summed E-state index contributed by atoms with van der Waals surface area (Å²) in [6.45, 7) is 6.27. The predicted octanol–water partition coefficient (Wildman–Crippen LogP) is 3.38. The van der Waals surface area contributed by atoms with Crippen molar-refractivity contribution in [2.45, 2.75) is 39.0 Å². The highest BCUT2D eigenvalue weighted by atomic mass is 16.1. The van der Waals surface area contributed by atoms with Gasteiger partial charge in [-0.2, -0.15) is 0 Å². The Morgan fingerprint density at radius 2 is 2.11 bits per heavy atom. The second kappa shape index (κ2) is 6.14. The molecule has 18 heavy (non-hydrogen) atoms. The molecule has 0 heterocycles. The Morgan fingerprint density at radius 1 is 1.33 bits per heavy atom. The molecule has 0 radical (unpaired) electrons. The van der Waals surface area contributed by atoms with E-state index in [1.807, 2.05) is 18.2 Å². The predicted molar refractivity (Wildman–Crippen MR) is 75.1 cm³/mol. The summed E-state index contributed by atoms with van der Waals surface area (Å²) < 4.78 is 0. The minimum Gasteiger partial charge on any atom is -0.316 e. The van der Waals surface area contributed by atoms with Crippen molar-refractivity contribution in [1.82, 2.24) is 5.32 Å². The third-order valence-electron chi connectivity index (χ3n) is 3.86. The third-order valence-corrected chi connectivity index (χ3v) is 3.86. The fourth-order valence-corrected chi connectivity index (χ4v) is 2.79. The molecule has 0 amide bonds. The molecule has 2 rings (SSSR count). The van der Waals surface area contributed by atoms with Crippen molar-refractivity contribution in [3.05, 3.63) is 35.4 Å². The molecular formula is C16H23NO. The standard InChI is InChI=1S/C16H23NO/c1-3-4-9-17-11-13-10-12(2)14-7-5-6-8-15(14)16(13)18/h5-8,12-13,17H,3-4,9-11H2,1-2H3. The maximum atomic E-state index is 12.4. The lowest BCUT2D eigenvalue weighted by Gasteiger charge is -2.28. The van der Waals surface area contributed by atoms with Gasteiger partial charge < -0.3 is 5.32 Å². The lowest BCUT2D eigenvalue weighted by atomic mass is 9.77. The number of hydrogen-bond donors (Lipinski definition) is 1. The molecule has 98 valence electrons. The molecule has 0 aliphatic heterocycles. The fraction of sp³-hybridized carbons (Fsp3) is 0.562. The maximum absolute atomic E-state index is 12.4. The molecule has 0 aromatic heterocycles. The SMILES string of the molecule is CCCCNCC1CC(C)c2ccccc2C1=O. The highest BCUT2D eigenvalue weighted by molar-refractivity contribution is 6.00. The molecule has 1 aromatic carbocycles. The van der Waals surface area contributed by atoms with Crippen LogP contribution >= 0.6 is 0 Å². The summed E-state index contributed by atoms with van der Waals surface area (Å²) in [5.41, 5.74) is 2.17. The lowest BCUT2D eigenvalue weighted by molar-refractivity contribution is 0.0893. The van der Waals surface area contributed by atoms with Crippen LogP contribution in [0.1, 0.15) is 54.9 Å². The smallest absolute Gasteiger partial charge is 0.167 e. The van der Waals surface area contributed by atoms with Crippen LogP contribution in [0.15, 0.2) is 24.3 Å².